The Kier molecular flexibility index (Phi) is 4.34. The van der Waals surface area contributed by atoms with Crippen LogP contribution < -0.4 is 4.74 Å². The van der Waals surface area contributed by atoms with E-state index in [-0.39, 0.29) is 0 Å². The first-order valence-corrected chi connectivity index (χ1v) is 8.25. The minimum Gasteiger partial charge on any atom is -0.496 e. The predicted octanol–water partition coefficient (Wildman–Crippen LogP) is 2.91. The van der Waals surface area contributed by atoms with Crippen molar-refractivity contribution in [2.24, 2.45) is 0 Å². The van der Waals surface area contributed by atoms with E-state index in [4.69, 9.17) is 4.74 Å². The van der Waals surface area contributed by atoms with Crippen molar-refractivity contribution >= 4 is 15.9 Å². The molecule has 0 bridgehead atoms. The molecular formula is C16H23BrN2O. The Hall–Kier alpha value is -0.580. The minimum absolute atomic E-state index is 0.764. The van der Waals surface area contributed by atoms with Gasteiger partial charge in [-0.15, -0.1) is 0 Å². The molecule has 1 fully saturated rings. The van der Waals surface area contributed by atoms with Crippen LogP contribution in [0.25, 0.3) is 0 Å². The van der Waals surface area contributed by atoms with Crippen molar-refractivity contribution in [1.82, 2.24) is 9.80 Å². The van der Waals surface area contributed by atoms with Gasteiger partial charge < -0.3 is 9.64 Å². The third-order valence-corrected chi connectivity index (χ3v) is 5.62. The standard InChI is InChI=1S/C16H23BrN2O/c1-18-8-5-13(6-9-18)19-10-7-14-12(11-19)3-4-15(20-2)16(14)17/h3-4,13H,5-11H2,1-2H3. The van der Waals surface area contributed by atoms with Crippen molar-refractivity contribution < 1.29 is 4.74 Å². The highest BCUT2D eigenvalue weighted by molar-refractivity contribution is 9.10. The first-order chi connectivity index (χ1) is 9.69. The molecule has 2 heterocycles. The molecule has 4 heteroatoms. The third kappa shape index (κ3) is 2.74. The van der Waals surface area contributed by atoms with E-state index >= 15 is 0 Å². The van der Waals surface area contributed by atoms with Crippen molar-refractivity contribution in [3.8, 4) is 5.75 Å². The first-order valence-electron chi connectivity index (χ1n) is 7.46. The number of benzene rings is 1. The SMILES string of the molecule is COc1ccc2c(c1Br)CCN(C1CCN(C)CC1)C2. The summed E-state index contributed by atoms with van der Waals surface area (Å²) in [5, 5.41) is 0. The summed E-state index contributed by atoms with van der Waals surface area (Å²) in [6.45, 7) is 4.74. The predicted molar refractivity (Wildman–Crippen MR) is 85.3 cm³/mol. The Bertz CT molecular complexity index is 484. The van der Waals surface area contributed by atoms with E-state index < -0.39 is 0 Å². The number of methoxy groups -OCH3 is 1. The van der Waals surface area contributed by atoms with Gasteiger partial charge in [-0.3, -0.25) is 4.90 Å². The van der Waals surface area contributed by atoms with Crippen LogP contribution in [0.3, 0.4) is 0 Å². The largest absolute Gasteiger partial charge is 0.496 e. The maximum atomic E-state index is 5.40. The number of hydrogen-bond donors (Lipinski definition) is 0. The zero-order valence-corrected chi connectivity index (χ0v) is 13.9. The van der Waals surface area contributed by atoms with Gasteiger partial charge in [-0.1, -0.05) is 6.07 Å². The van der Waals surface area contributed by atoms with Crippen LogP contribution in [-0.2, 0) is 13.0 Å². The molecule has 0 aromatic heterocycles. The van der Waals surface area contributed by atoms with Gasteiger partial charge in [-0.25, -0.2) is 0 Å². The molecule has 2 aliphatic heterocycles. The molecule has 20 heavy (non-hydrogen) atoms. The van der Waals surface area contributed by atoms with E-state index in [2.05, 4.69) is 44.9 Å². The number of halogens is 1. The Balaban J connectivity index is 1.74. The minimum atomic E-state index is 0.764. The van der Waals surface area contributed by atoms with Crippen molar-refractivity contribution in [2.75, 3.05) is 33.8 Å². The lowest BCUT2D eigenvalue weighted by Crippen LogP contribution is -2.45. The number of fused-ring (bicyclic) bond motifs is 1. The van der Waals surface area contributed by atoms with E-state index in [1.807, 2.05) is 0 Å². The number of nitrogens with zero attached hydrogens (tertiary/aromatic N) is 2. The molecule has 1 saturated heterocycles. The monoisotopic (exact) mass is 338 g/mol. The maximum absolute atomic E-state index is 5.40. The van der Waals surface area contributed by atoms with E-state index in [1.165, 1.54) is 43.6 Å². The van der Waals surface area contributed by atoms with E-state index in [0.717, 1.165) is 29.2 Å². The second-order valence-corrected chi connectivity index (χ2v) is 6.77. The lowest BCUT2D eigenvalue weighted by Gasteiger charge is -2.40. The van der Waals surface area contributed by atoms with Crippen LogP contribution in [0.2, 0.25) is 0 Å². The van der Waals surface area contributed by atoms with E-state index in [1.54, 1.807) is 7.11 Å². The first kappa shape index (κ1) is 14.4. The molecule has 1 aromatic rings. The van der Waals surface area contributed by atoms with Crippen LogP contribution in [-0.4, -0.2) is 49.6 Å². The zero-order valence-electron chi connectivity index (χ0n) is 12.4. The van der Waals surface area contributed by atoms with E-state index in [9.17, 15) is 0 Å². The summed E-state index contributed by atoms with van der Waals surface area (Å²) >= 11 is 3.70. The van der Waals surface area contributed by atoms with Crippen LogP contribution in [0, 0.1) is 0 Å². The summed E-state index contributed by atoms with van der Waals surface area (Å²) in [5.41, 5.74) is 2.90. The number of ether oxygens (including phenoxy) is 1. The molecular weight excluding hydrogens is 316 g/mol. The summed E-state index contributed by atoms with van der Waals surface area (Å²) in [6, 6.07) is 5.08. The number of rotatable bonds is 2. The number of hydrogen-bond acceptors (Lipinski definition) is 3. The highest BCUT2D eigenvalue weighted by atomic mass is 79.9. The maximum Gasteiger partial charge on any atom is 0.133 e. The molecule has 0 saturated carbocycles. The average Bonchev–Trinajstić information content (AvgIpc) is 2.48. The van der Waals surface area contributed by atoms with Crippen molar-refractivity contribution in [3.05, 3.63) is 27.7 Å². The Labute approximate surface area is 130 Å². The quantitative estimate of drug-likeness (QED) is 0.824. The Morgan fingerprint density at radius 2 is 1.95 bits per heavy atom. The van der Waals surface area contributed by atoms with Crippen molar-refractivity contribution in [2.45, 2.75) is 31.8 Å². The molecule has 1 aromatic carbocycles. The lowest BCUT2D eigenvalue weighted by molar-refractivity contribution is 0.109. The van der Waals surface area contributed by atoms with Crippen molar-refractivity contribution in [1.29, 1.82) is 0 Å². The molecule has 110 valence electrons. The van der Waals surface area contributed by atoms with Crippen LogP contribution in [0.5, 0.6) is 5.75 Å². The van der Waals surface area contributed by atoms with Gasteiger partial charge in [-0.2, -0.15) is 0 Å². The Morgan fingerprint density at radius 1 is 1.20 bits per heavy atom. The van der Waals surface area contributed by atoms with Gasteiger partial charge >= 0.3 is 0 Å². The van der Waals surface area contributed by atoms with Gasteiger partial charge in [0.05, 0.1) is 11.6 Å². The summed E-state index contributed by atoms with van der Waals surface area (Å²) < 4.78 is 6.55. The molecule has 0 N–H and O–H groups in total. The smallest absolute Gasteiger partial charge is 0.133 e. The van der Waals surface area contributed by atoms with Crippen LogP contribution >= 0.6 is 15.9 Å². The molecule has 0 radical (unpaired) electrons. The molecule has 0 spiro atoms. The average molecular weight is 339 g/mol. The highest BCUT2D eigenvalue weighted by Gasteiger charge is 2.27. The summed E-state index contributed by atoms with van der Waals surface area (Å²) in [7, 11) is 3.96. The van der Waals surface area contributed by atoms with Gasteiger partial charge in [0.2, 0.25) is 0 Å². The highest BCUT2D eigenvalue weighted by Crippen LogP contribution is 2.35. The van der Waals surface area contributed by atoms with Crippen LogP contribution in [0.1, 0.15) is 24.0 Å². The fourth-order valence-corrected chi connectivity index (χ4v) is 4.19. The van der Waals surface area contributed by atoms with E-state index in [0.29, 0.717) is 0 Å². The van der Waals surface area contributed by atoms with Crippen molar-refractivity contribution in [3.63, 3.8) is 0 Å². The summed E-state index contributed by atoms with van der Waals surface area (Å²) in [5.74, 6) is 0.955. The second kappa shape index (κ2) is 6.04. The number of piperidine rings is 1. The van der Waals surface area contributed by atoms with Crippen LogP contribution in [0.15, 0.2) is 16.6 Å². The summed E-state index contributed by atoms with van der Waals surface area (Å²) in [6.07, 6.45) is 3.74. The fraction of sp³-hybridized carbons (Fsp3) is 0.625. The van der Waals surface area contributed by atoms with Gasteiger partial charge in [0.1, 0.15) is 5.75 Å². The molecule has 0 amide bonds. The zero-order chi connectivity index (χ0) is 14.1. The normalized spacial score (nSPS) is 21.8. The fourth-order valence-electron chi connectivity index (χ4n) is 3.44. The molecule has 3 nitrogen and oxygen atoms in total. The molecule has 0 aliphatic carbocycles. The topological polar surface area (TPSA) is 15.7 Å². The lowest BCUT2D eigenvalue weighted by atomic mass is 9.95. The second-order valence-electron chi connectivity index (χ2n) is 5.97. The number of likely N-dealkylation sites (tertiary alicyclic amines) is 1. The van der Waals surface area contributed by atoms with Gasteiger partial charge in [-0.05, 0) is 72.5 Å². The van der Waals surface area contributed by atoms with Gasteiger partial charge in [0.25, 0.3) is 0 Å². The third-order valence-electron chi connectivity index (χ3n) is 4.75. The van der Waals surface area contributed by atoms with Crippen LogP contribution in [0.4, 0.5) is 0 Å². The molecule has 0 atom stereocenters. The molecule has 3 rings (SSSR count). The molecule has 2 aliphatic rings. The van der Waals surface area contributed by atoms with Gasteiger partial charge in [0, 0.05) is 19.1 Å². The van der Waals surface area contributed by atoms with Gasteiger partial charge in [0.15, 0.2) is 0 Å². The Morgan fingerprint density at radius 3 is 2.65 bits per heavy atom. The molecule has 0 unspecified atom stereocenters. The summed E-state index contributed by atoms with van der Waals surface area (Å²) in [4.78, 5) is 5.12.